The highest BCUT2D eigenvalue weighted by molar-refractivity contribution is 7.91. The van der Waals surface area contributed by atoms with E-state index in [9.17, 15) is 18.0 Å². The van der Waals surface area contributed by atoms with E-state index in [0.29, 0.717) is 16.7 Å². The lowest BCUT2D eigenvalue weighted by atomic mass is 9.97. The zero-order chi connectivity index (χ0) is 22.7. The molecule has 0 bridgehead atoms. The van der Waals surface area contributed by atoms with E-state index in [0.717, 1.165) is 11.1 Å². The second-order valence-electron chi connectivity index (χ2n) is 8.94. The van der Waals surface area contributed by atoms with Crippen molar-refractivity contribution in [2.24, 2.45) is 0 Å². The molecule has 2 rings (SSSR count). The molecule has 5 nitrogen and oxygen atoms in total. The van der Waals surface area contributed by atoms with Gasteiger partial charge in [-0.1, -0.05) is 30.3 Å². The van der Waals surface area contributed by atoms with Crippen molar-refractivity contribution in [3.05, 3.63) is 70.3 Å². The first-order valence-corrected chi connectivity index (χ1v) is 11.7. The standard InChI is InChI=1S/C24H31NO4S/c1-16(2)25-23(27)21-12-11-20(17(3)13-21)14-22(26)19-9-7-18(8-10-19)15-30(28,29)24(4,5)6/h7-13,16H,14-15H2,1-6H3,(H,25,27). The fourth-order valence-corrected chi connectivity index (χ4v) is 3.94. The van der Waals surface area contributed by atoms with Gasteiger partial charge in [0.05, 0.1) is 10.5 Å². The van der Waals surface area contributed by atoms with Gasteiger partial charge in [0, 0.05) is 23.6 Å². The number of amides is 1. The van der Waals surface area contributed by atoms with Crippen LogP contribution in [0.2, 0.25) is 0 Å². The van der Waals surface area contributed by atoms with Gasteiger partial charge in [-0.2, -0.15) is 0 Å². The third-order valence-electron chi connectivity index (χ3n) is 4.94. The molecular formula is C24H31NO4S. The number of rotatable bonds is 7. The van der Waals surface area contributed by atoms with E-state index in [1.165, 1.54) is 0 Å². The summed E-state index contributed by atoms with van der Waals surface area (Å²) in [6.07, 6.45) is 0.220. The largest absolute Gasteiger partial charge is 0.350 e. The Kier molecular flexibility index (Phi) is 7.24. The highest BCUT2D eigenvalue weighted by Gasteiger charge is 2.28. The number of hydrogen-bond donors (Lipinski definition) is 1. The first kappa shape index (κ1) is 23.8. The zero-order valence-electron chi connectivity index (χ0n) is 18.6. The third kappa shape index (κ3) is 6.02. The minimum atomic E-state index is -3.27. The third-order valence-corrected chi connectivity index (χ3v) is 7.52. The van der Waals surface area contributed by atoms with E-state index in [4.69, 9.17) is 0 Å². The normalized spacial score (nSPS) is 12.1. The summed E-state index contributed by atoms with van der Waals surface area (Å²) in [5, 5.41) is 2.85. The van der Waals surface area contributed by atoms with Crippen molar-refractivity contribution in [1.29, 1.82) is 0 Å². The molecule has 2 aromatic rings. The molecule has 0 saturated carbocycles. The summed E-state index contributed by atoms with van der Waals surface area (Å²) >= 11 is 0. The molecule has 0 aromatic heterocycles. The number of sulfone groups is 1. The van der Waals surface area contributed by atoms with E-state index in [1.807, 2.05) is 26.8 Å². The Morgan fingerprint density at radius 2 is 1.53 bits per heavy atom. The monoisotopic (exact) mass is 429 g/mol. The van der Waals surface area contributed by atoms with Crippen LogP contribution in [-0.4, -0.2) is 30.9 Å². The molecule has 0 heterocycles. The van der Waals surface area contributed by atoms with Crippen molar-refractivity contribution in [3.63, 3.8) is 0 Å². The summed E-state index contributed by atoms with van der Waals surface area (Å²) in [7, 11) is -3.27. The van der Waals surface area contributed by atoms with Gasteiger partial charge >= 0.3 is 0 Å². The number of hydrogen-bond acceptors (Lipinski definition) is 4. The molecule has 0 aliphatic rings. The molecular weight excluding hydrogens is 398 g/mol. The van der Waals surface area contributed by atoms with Crippen LogP contribution in [0.15, 0.2) is 42.5 Å². The minimum Gasteiger partial charge on any atom is -0.350 e. The number of carbonyl (C=O) groups is 2. The first-order valence-electron chi connectivity index (χ1n) is 10.0. The van der Waals surface area contributed by atoms with Crippen molar-refractivity contribution in [3.8, 4) is 0 Å². The summed E-state index contributed by atoms with van der Waals surface area (Å²) in [5.41, 5.74) is 3.51. The number of ketones is 1. The highest BCUT2D eigenvalue weighted by atomic mass is 32.2. The van der Waals surface area contributed by atoms with Crippen LogP contribution in [0.4, 0.5) is 0 Å². The van der Waals surface area contributed by atoms with Crippen LogP contribution in [-0.2, 0) is 22.0 Å². The van der Waals surface area contributed by atoms with Gasteiger partial charge in [-0.15, -0.1) is 0 Å². The van der Waals surface area contributed by atoms with Crippen molar-refractivity contribution < 1.29 is 18.0 Å². The molecule has 0 unspecified atom stereocenters. The Morgan fingerprint density at radius 3 is 2.03 bits per heavy atom. The van der Waals surface area contributed by atoms with Crippen molar-refractivity contribution >= 4 is 21.5 Å². The second kappa shape index (κ2) is 9.13. The molecule has 2 aromatic carbocycles. The van der Waals surface area contributed by atoms with Crippen LogP contribution >= 0.6 is 0 Å². The van der Waals surface area contributed by atoms with Gasteiger partial charge in [0.1, 0.15) is 0 Å². The van der Waals surface area contributed by atoms with Crippen molar-refractivity contribution in [2.75, 3.05) is 0 Å². The van der Waals surface area contributed by atoms with Gasteiger partial charge in [-0.05, 0) is 70.4 Å². The van der Waals surface area contributed by atoms with Crippen LogP contribution in [0.1, 0.15) is 72.0 Å². The maximum Gasteiger partial charge on any atom is 0.251 e. The van der Waals surface area contributed by atoms with Crippen LogP contribution in [0, 0.1) is 6.92 Å². The lowest BCUT2D eigenvalue weighted by molar-refractivity contribution is 0.0942. The number of Topliss-reactive ketones (excluding diaryl/α,β-unsaturated/α-hetero) is 1. The number of carbonyl (C=O) groups excluding carboxylic acids is 2. The Bertz CT molecular complexity index is 1030. The molecule has 0 radical (unpaired) electrons. The lowest BCUT2D eigenvalue weighted by Crippen LogP contribution is -2.30. The van der Waals surface area contributed by atoms with Crippen molar-refractivity contribution in [2.45, 2.75) is 64.5 Å². The molecule has 1 amide bonds. The Balaban J connectivity index is 2.10. The maximum atomic E-state index is 12.7. The fourth-order valence-electron chi connectivity index (χ4n) is 2.88. The van der Waals surface area contributed by atoms with Gasteiger partial charge in [0.15, 0.2) is 15.6 Å². The number of aryl methyl sites for hydroxylation is 1. The van der Waals surface area contributed by atoms with Crippen LogP contribution in [0.5, 0.6) is 0 Å². The Morgan fingerprint density at radius 1 is 0.967 bits per heavy atom. The van der Waals surface area contributed by atoms with E-state index in [-0.39, 0.29) is 29.9 Å². The summed E-state index contributed by atoms with van der Waals surface area (Å²) in [4.78, 5) is 24.8. The van der Waals surface area contributed by atoms with Gasteiger partial charge < -0.3 is 5.32 Å². The molecule has 162 valence electrons. The average Bonchev–Trinajstić information content (AvgIpc) is 2.62. The molecule has 30 heavy (non-hydrogen) atoms. The SMILES string of the molecule is Cc1cc(C(=O)NC(C)C)ccc1CC(=O)c1ccc(CS(=O)(=O)C(C)(C)C)cc1. The average molecular weight is 430 g/mol. The Hall–Kier alpha value is -2.47. The molecule has 0 spiro atoms. The van der Waals surface area contributed by atoms with E-state index >= 15 is 0 Å². The zero-order valence-corrected chi connectivity index (χ0v) is 19.4. The van der Waals surface area contributed by atoms with Gasteiger partial charge in [0.2, 0.25) is 0 Å². The van der Waals surface area contributed by atoms with Gasteiger partial charge in [-0.3, -0.25) is 9.59 Å². The lowest BCUT2D eigenvalue weighted by Gasteiger charge is -2.19. The topological polar surface area (TPSA) is 80.3 Å². The first-order chi connectivity index (χ1) is 13.8. The van der Waals surface area contributed by atoms with E-state index in [1.54, 1.807) is 57.2 Å². The molecule has 0 aliphatic carbocycles. The van der Waals surface area contributed by atoms with Crippen LogP contribution in [0.3, 0.4) is 0 Å². The predicted molar refractivity (Wildman–Crippen MR) is 121 cm³/mol. The maximum absolute atomic E-state index is 12.7. The molecule has 0 atom stereocenters. The van der Waals surface area contributed by atoms with Gasteiger partial charge in [0.25, 0.3) is 5.91 Å². The second-order valence-corrected chi connectivity index (χ2v) is 11.7. The smallest absolute Gasteiger partial charge is 0.251 e. The Labute approximate surface area is 179 Å². The number of nitrogens with one attached hydrogen (secondary N) is 1. The van der Waals surface area contributed by atoms with Crippen LogP contribution < -0.4 is 5.32 Å². The quantitative estimate of drug-likeness (QED) is 0.667. The van der Waals surface area contributed by atoms with Crippen molar-refractivity contribution in [1.82, 2.24) is 5.32 Å². The molecule has 0 aliphatic heterocycles. The summed E-state index contributed by atoms with van der Waals surface area (Å²) in [6.45, 7) is 10.7. The molecule has 6 heteroatoms. The number of benzene rings is 2. The molecule has 1 N–H and O–H groups in total. The van der Waals surface area contributed by atoms with E-state index < -0.39 is 14.6 Å². The molecule has 0 fully saturated rings. The fraction of sp³-hybridized carbons (Fsp3) is 0.417. The summed E-state index contributed by atoms with van der Waals surface area (Å²) in [5.74, 6) is -0.237. The highest BCUT2D eigenvalue weighted by Crippen LogP contribution is 2.21. The summed E-state index contributed by atoms with van der Waals surface area (Å²) in [6, 6.07) is 12.1. The van der Waals surface area contributed by atoms with Gasteiger partial charge in [-0.25, -0.2) is 8.42 Å². The van der Waals surface area contributed by atoms with E-state index in [2.05, 4.69) is 5.32 Å². The van der Waals surface area contributed by atoms with Crippen LogP contribution in [0.25, 0.3) is 0 Å². The predicted octanol–water partition coefficient (Wildman–Crippen LogP) is 4.27. The minimum absolute atomic E-state index is 0.0516. The summed E-state index contributed by atoms with van der Waals surface area (Å²) < 4.78 is 23.9. The molecule has 0 saturated heterocycles.